The molecule has 0 saturated heterocycles. The minimum Gasteiger partial charge on any atom is -0.320 e. The molecule has 0 aromatic heterocycles. The standard InChI is InChI=1S/C17H16ClFN2O3S/c1-25(23,24)21(14-6-7-14)16-8-5-13(19)10-15(16)20-17(22)11-3-2-4-12(18)9-11/h2-5,8-10,14H,6-7H2,1H3,(H,20,22). The monoisotopic (exact) mass is 382 g/mol. The molecule has 2 aromatic carbocycles. The molecule has 1 amide bonds. The van der Waals surface area contributed by atoms with Gasteiger partial charge in [-0.25, -0.2) is 12.8 Å². The lowest BCUT2D eigenvalue weighted by Gasteiger charge is -2.25. The molecule has 8 heteroatoms. The highest BCUT2D eigenvalue weighted by atomic mass is 35.5. The van der Waals surface area contributed by atoms with Crippen LogP contribution in [0.15, 0.2) is 42.5 Å². The molecule has 1 aliphatic rings. The largest absolute Gasteiger partial charge is 0.320 e. The molecule has 0 spiro atoms. The highest BCUT2D eigenvalue weighted by Crippen LogP contribution is 2.38. The van der Waals surface area contributed by atoms with Crippen LogP contribution in [-0.2, 0) is 10.0 Å². The summed E-state index contributed by atoms with van der Waals surface area (Å²) in [7, 11) is -3.56. The van der Waals surface area contributed by atoms with Crippen LogP contribution in [0, 0.1) is 5.82 Å². The summed E-state index contributed by atoms with van der Waals surface area (Å²) in [5.41, 5.74) is 0.643. The minimum atomic E-state index is -3.56. The van der Waals surface area contributed by atoms with Crippen molar-refractivity contribution in [2.75, 3.05) is 15.9 Å². The van der Waals surface area contributed by atoms with Gasteiger partial charge in [0.05, 0.1) is 17.6 Å². The van der Waals surface area contributed by atoms with E-state index in [1.54, 1.807) is 18.2 Å². The van der Waals surface area contributed by atoms with Crippen LogP contribution >= 0.6 is 11.6 Å². The number of carbonyl (C=O) groups excluding carboxylic acids is 1. The first-order chi connectivity index (χ1) is 11.8. The Morgan fingerprint density at radius 3 is 2.56 bits per heavy atom. The van der Waals surface area contributed by atoms with Crippen molar-refractivity contribution in [3.05, 3.63) is 58.9 Å². The van der Waals surface area contributed by atoms with Gasteiger partial charge in [0, 0.05) is 16.6 Å². The molecule has 0 atom stereocenters. The number of carbonyl (C=O) groups is 1. The van der Waals surface area contributed by atoms with Crippen LogP contribution < -0.4 is 9.62 Å². The first kappa shape index (κ1) is 17.7. The number of amides is 1. The van der Waals surface area contributed by atoms with Crippen molar-refractivity contribution in [1.29, 1.82) is 0 Å². The third kappa shape index (κ3) is 4.11. The molecule has 2 aromatic rings. The third-order valence-electron chi connectivity index (χ3n) is 3.77. The quantitative estimate of drug-likeness (QED) is 0.858. The fourth-order valence-corrected chi connectivity index (χ4v) is 4.04. The van der Waals surface area contributed by atoms with Gasteiger partial charge in [-0.15, -0.1) is 0 Å². The summed E-state index contributed by atoms with van der Waals surface area (Å²) in [5, 5.41) is 2.98. The molecule has 1 N–H and O–H groups in total. The van der Waals surface area contributed by atoms with Crippen molar-refractivity contribution in [2.45, 2.75) is 18.9 Å². The number of hydrogen-bond donors (Lipinski definition) is 1. The molecule has 5 nitrogen and oxygen atoms in total. The molecule has 0 bridgehead atoms. The Kier molecular flexibility index (Phi) is 4.71. The van der Waals surface area contributed by atoms with E-state index in [0.717, 1.165) is 25.2 Å². The van der Waals surface area contributed by atoms with E-state index in [0.29, 0.717) is 10.6 Å². The average Bonchev–Trinajstić information content (AvgIpc) is 3.33. The van der Waals surface area contributed by atoms with E-state index in [1.165, 1.54) is 22.5 Å². The van der Waals surface area contributed by atoms with Crippen LogP contribution in [0.3, 0.4) is 0 Å². The molecule has 25 heavy (non-hydrogen) atoms. The van der Waals surface area contributed by atoms with Gasteiger partial charge in [-0.3, -0.25) is 9.10 Å². The highest BCUT2D eigenvalue weighted by Gasteiger charge is 2.36. The molecule has 0 aliphatic heterocycles. The Morgan fingerprint density at radius 1 is 1.24 bits per heavy atom. The van der Waals surface area contributed by atoms with Crippen LogP contribution in [0.25, 0.3) is 0 Å². The van der Waals surface area contributed by atoms with Crippen LogP contribution in [0.1, 0.15) is 23.2 Å². The van der Waals surface area contributed by atoms with E-state index in [9.17, 15) is 17.6 Å². The molecule has 1 fully saturated rings. The van der Waals surface area contributed by atoms with Crippen molar-refractivity contribution >= 4 is 38.9 Å². The highest BCUT2D eigenvalue weighted by molar-refractivity contribution is 7.92. The van der Waals surface area contributed by atoms with Crippen molar-refractivity contribution in [2.24, 2.45) is 0 Å². The topological polar surface area (TPSA) is 66.5 Å². The lowest BCUT2D eigenvalue weighted by molar-refractivity contribution is 0.102. The van der Waals surface area contributed by atoms with E-state index >= 15 is 0 Å². The predicted molar refractivity (Wildman–Crippen MR) is 96.2 cm³/mol. The summed E-state index contributed by atoms with van der Waals surface area (Å²) >= 11 is 5.88. The number of nitrogens with zero attached hydrogens (tertiary/aromatic N) is 1. The maximum absolute atomic E-state index is 13.7. The molecule has 132 valence electrons. The molecule has 0 radical (unpaired) electrons. The van der Waals surface area contributed by atoms with Gasteiger partial charge >= 0.3 is 0 Å². The number of sulfonamides is 1. The minimum absolute atomic E-state index is 0.0994. The molecule has 3 rings (SSSR count). The van der Waals surface area contributed by atoms with Gasteiger partial charge in [0.2, 0.25) is 10.0 Å². The molecular formula is C17H16ClFN2O3S. The third-order valence-corrected chi connectivity index (χ3v) is 5.21. The zero-order valence-corrected chi connectivity index (χ0v) is 14.9. The number of nitrogens with one attached hydrogen (secondary N) is 1. The summed E-state index contributed by atoms with van der Waals surface area (Å²) in [6, 6.07) is 9.77. The molecule has 0 heterocycles. The van der Waals surface area contributed by atoms with Crippen molar-refractivity contribution in [3.8, 4) is 0 Å². The normalized spacial score (nSPS) is 14.2. The summed E-state index contributed by atoms with van der Waals surface area (Å²) < 4.78 is 39.2. The second kappa shape index (κ2) is 6.65. The Bertz CT molecular complexity index is 929. The summed E-state index contributed by atoms with van der Waals surface area (Å²) in [5.74, 6) is -1.08. The van der Waals surface area contributed by atoms with Gasteiger partial charge in [-0.05, 0) is 49.2 Å². The second-order valence-corrected chi connectivity index (χ2v) is 8.21. The smallest absolute Gasteiger partial charge is 0.255 e. The van der Waals surface area contributed by atoms with Gasteiger partial charge in [-0.2, -0.15) is 0 Å². The van der Waals surface area contributed by atoms with Crippen LogP contribution in [0.5, 0.6) is 0 Å². The van der Waals surface area contributed by atoms with Crippen LogP contribution in [0.2, 0.25) is 5.02 Å². The molecule has 0 unspecified atom stereocenters. The number of rotatable bonds is 5. The number of benzene rings is 2. The Morgan fingerprint density at radius 2 is 1.96 bits per heavy atom. The Hall–Kier alpha value is -2.12. The molecular weight excluding hydrogens is 367 g/mol. The zero-order chi connectivity index (χ0) is 18.2. The van der Waals surface area contributed by atoms with E-state index in [2.05, 4.69) is 5.32 Å². The van der Waals surface area contributed by atoms with E-state index in [1.807, 2.05) is 0 Å². The first-order valence-electron chi connectivity index (χ1n) is 7.61. The van der Waals surface area contributed by atoms with Gasteiger partial charge in [-0.1, -0.05) is 17.7 Å². The summed E-state index contributed by atoms with van der Waals surface area (Å²) in [6.07, 6.45) is 2.55. The lowest BCUT2D eigenvalue weighted by Crippen LogP contribution is -2.33. The predicted octanol–water partition coefficient (Wildman–Crippen LogP) is 3.66. The molecule has 1 aliphatic carbocycles. The number of anilines is 2. The Labute approximate surface area is 150 Å². The average molecular weight is 383 g/mol. The van der Waals surface area contributed by atoms with E-state index in [4.69, 9.17) is 11.6 Å². The number of hydrogen-bond acceptors (Lipinski definition) is 3. The van der Waals surface area contributed by atoms with Gasteiger partial charge in [0.15, 0.2) is 0 Å². The fraction of sp³-hybridized carbons (Fsp3) is 0.235. The van der Waals surface area contributed by atoms with Gasteiger partial charge in [0.25, 0.3) is 5.91 Å². The Balaban J connectivity index is 1.98. The van der Waals surface area contributed by atoms with Crippen molar-refractivity contribution in [3.63, 3.8) is 0 Å². The van der Waals surface area contributed by atoms with Gasteiger partial charge < -0.3 is 5.32 Å². The van der Waals surface area contributed by atoms with E-state index in [-0.39, 0.29) is 17.4 Å². The maximum Gasteiger partial charge on any atom is 0.255 e. The second-order valence-electron chi connectivity index (χ2n) is 5.92. The fourth-order valence-electron chi connectivity index (χ4n) is 2.58. The summed E-state index contributed by atoms with van der Waals surface area (Å²) in [4.78, 5) is 12.4. The molecule has 1 saturated carbocycles. The van der Waals surface area contributed by atoms with Crippen LogP contribution in [-0.4, -0.2) is 26.6 Å². The van der Waals surface area contributed by atoms with Crippen LogP contribution in [0.4, 0.5) is 15.8 Å². The SMILES string of the molecule is CS(=O)(=O)N(c1ccc(F)cc1NC(=O)c1cccc(Cl)c1)C1CC1. The first-order valence-corrected chi connectivity index (χ1v) is 9.84. The summed E-state index contributed by atoms with van der Waals surface area (Å²) in [6.45, 7) is 0. The van der Waals surface area contributed by atoms with Gasteiger partial charge in [0.1, 0.15) is 5.82 Å². The maximum atomic E-state index is 13.7. The van der Waals surface area contributed by atoms with Crippen molar-refractivity contribution < 1.29 is 17.6 Å². The van der Waals surface area contributed by atoms with E-state index < -0.39 is 21.7 Å². The lowest BCUT2D eigenvalue weighted by atomic mass is 10.2. The zero-order valence-electron chi connectivity index (χ0n) is 13.4. The van der Waals surface area contributed by atoms with Crippen molar-refractivity contribution in [1.82, 2.24) is 0 Å². The number of halogens is 2.